The second-order valence-corrected chi connectivity index (χ2v) is 7.80. The number of hydrogen-bond acceptors (Lipinski definition) is 5. The van der Waals surface area contributed by atoms with E-state index < -0.39 is 27.6 Å². The van der Waals surface area contributed by atoms with Crippen LogP contribution in [0.25, 0.3) is 0 Å². The molecule has 0 radical (unpaired) electrons. The van der Waals surface area contributed by atoms with Crippen LogP contribution in [0.3, 0.4) is 0 Å². The monoisotopic (exact) mass is 341 g/mol. The maximum Gasteiger partial charge on any atom is 0.407 e. The highest BCUT2D eigenvalue weighted by molar-refractivity contribution is 7.94. The van der Waals surface area contributed by atoms with Crippen LogP contribution in [0.2, 0.25) is 0 Å². The number of nitrogens with one attached hydrogen (secondary N) is 1. The smallest absolute Gasteiger partial charge is 0.407 e. The summed E-state index contributed by atoms with van der Waals surface area (Å²) in [5, 5.41) is 13.2. The number of rotatable bonds is 6. The Hall–Kier alpha value is -1.86. The first kappa shape index (κ1) is 19.2. The van der Waals surface area contributed by atoms with Gasteiger partial charge in [-0.3, -0.25) is 0 Å². The van der Waals surface area contributed by atoms with Crippen molar-refractivity contribution < 1.29 is 23.1 Å². The largest absolute Gasteiger partial charge is 0.444 e. The van der Waals surface area contributed by atoms with E-state index in [0.717, 1.165) is 5.41 Å². The fourth-order valence-corrected chi connectivity index (χ4v) is 2.70. The number of carbonyl (C=O) groups excluding carboxylic acids is 1. The lowest BCUT2D eigenvalue weighted by atomic mass is 10.2. The van der Waals surface area contributed by atoms with Crippen molar-refractivity contribution in [1.29, 1.82) is 0 Å². The van der Waals surface area contributed by atoms with Gasteiger partial charge in [-0.05, 0) is 45.4 Å². The molecule has 0 aliphatic heterocycles. The van der Waals surface area contributed by atoms with E-state index in [4.69, 9.17) is 4.74 Å². The van der Waals surface area contributed by atoms with Crippen LogP contribution in [-0.4, -0.2) is 37.9 Å². The van der Waals surface area contributed by atoms with Crippen LogP contribution in [0.1, 0.15) is 27.2 Å². The van der Waals surface area contributed by atoms with Gasteiger partial charge in [-0.2, -0.15) is 0 Å². The highest BCUT2D eigenvalue weighted by atomic mass is 32.2. The molecule has 1 amide bonds. The zero-order valence-corrected chi connectivity index (χ0v) is 14.3. The van der Waals surface area contributed by atoms with Gasteiger partial charge in [0, 0.05) is 12.0 Å². The molecule has 0 fully saturated rings. The average Bonchev–Trinajstić information content (AvgIpc) is 2.44. The number of hydrogen-bond donors (Lipinski definition) is 2. The molecule has 0 saturated carbocycles. The van der Waals surface area contributed by atoms with Gasteiger partial charge in [0.25, 0.3) is 0 Å². The fourth-order valence-electron chi connectivity index (χ4n) is 1.62. The molecule has 0 aromatic heterocycles. The van der Waals surface area contributed by atoms with E-state index in [2.05, 4.69) is 5.32 Å². The quantitative estimate of drug-likeness (QED) is 0.828. The van der Waals surface area contributed by atoms with Crippen molar-refractivity contribution in [1.82, 2.24) is 5.32 Å². The number of aliphatic hydroxyl groups is 1. The standard InChI is InChI=1S/C16H23NO5S/c1-16(2,3)22-15(19)17-11-9-13(18)10-12-23(20,21)14-7-5-4-6-8-14/h4-8,10,12-13,18H,9,11H2,1-3H3,(H,17,19)/b12-10+/t13-/m1/s1. The lowest BCUT2D eigenvalue weighted by Crippen LogP contribution is -2.33. The Labute approximate surface area is 137 Å². The van der Waals surface area contributed by atoms with Crippen molar-refractivity contribution in [2.45, 2.75) is 43.8 Å². The van der Waals surface area contributed by atoms with Gasteiger partial charge < -0.3 is 15.2 Å². The van der Waals surface area contributed by atoms with E-state index in [1.165, 1.54) is 18.2 Å². The molecule has 0 bridgehead atoms. The summed E-state index contributed by atoms with van der Waals surface area (Å²) in [4.78, 5) is 11.6. The van der Waals surface area contributed by atoms with E-state index >= 15 is 0 Å². The molecule has 1 atom stereocenters. The van der Waals surface area contributed by atoms with E-state index in [-0.39, 0.29) is 17.9 Å². The predicted molar refractivity (Wildman–Crippen MR) is 87.6 cm³/mol. The fraction of sp³-hybridized carbons (Fsp3) is 0.438. The molecule has 1 aromatic rings. The molecule has 1 rings (SSSR count). The Bertz CT molecular complexity index is 632. The summed E-state index contributed by atoms with van der Waals surface area (Å²) >= 11 is 0. The van der Waals surface area contributed by atoms with Crippen molar-refractivity contribution >= 4 is 15.9 Å². The van der Waals surface area contributed by atoms with E-state index in [9.17, 15) is 18.3 Å². The zero-order valence-electron chi connectivity index (χ0n) is 13.5. The first-order valence-electron chi connectivity index (χ1n) is 7.23. The molecular formula is C16H23NO5S. The molecule has 0 spiro atoms. The van der Waals surface area contributed by atoms with Crippen molar-refractivity contribution in [2.75, 3.05) is 6.54 Å². The first-order chi connectivity index (χ1) is 10.6. The first-order valence-corrected chi connectivity index (χ1v) is 8.78. The summed E-state index contributed by atoms with van der Waals surface area (Å²) in [5.41, 5.74) is -0.591. The highest BCUT2D eigenvalue weighted by Gasteiger charge is 2.16. The molecule has 6 nitrogen and oxygen atoms in total. The number of aliphatic hydroxyl groups excluding tert-OH is 1. The van der Waals surface area contributed by atoms with Gasteiger partial charge in [-0.25, -0.2) is 13.2 Å². The van der Waals surface area contributed by atoms with Crippen molar-refractivity contribution in [3.8, 4) is 0 Å². The third-order valence-corrected chi connectivity index (χ3v) is 4.10. The second-order valence-electron chi connectivity index (χ2n) is 5.97. The van der Waals surface area contributed by atoms with Gasteiger partial charge in [-0.1, -0.05) is 18.2 Å². The predicted octanol–water partition coefficient (Wildman–Crippen LogP) is 2.25. The molecule has 0 aliphatic rings. The topological polar surface area (TPSA) is 92.7 Å². The molecule has 7 heteroatoms. The number of sulfone groups is 1. The summed E-state index contributed by atoms with van der Waals surface area (Å²) in [6, 6.07) is 7.94. The molecule has 0 unspecified atom stereocenters. The van der Waals surface area contributed by atoms with Crippen LogP contribution in [0.15, 0.2) is 46.7 Å². The minimum Gasteiger partial charge on any atom is -0.444 e. The Kier molecular flexibility index (Phi) is 6.78. The molecule has 0 aliphatic carbocycles. The minimum absolute atomic E-state index is 0.162. The van der Waals surface area contributed by atoms with Crippen LogP contribution >= 0.6 is 0 Å². The lowest BCUT2D eigenvalue weighted by Gasteiger charge is -2.19. The van der Waals surface area contributed by atoms with Gasteiger partial charge >= 0.3 is 6.09 Å². The Morgan fingerprint density at radius 1 is 1.30 bits per heavy atom. The molecule has 0 heterocycles. The molecule has 0 saturated heterocycles. The zero-order chi connectivity index (χ0) is 17.5. The van der Waals surface area contributed by atoms with Gasteiger partial charge in [0.15, 0.2) is 9.84 Å². The normalized spacial score (nSPS) is 13.7. The van der Waals surface area contributed by atoms with Gasteiger partial charge in [0.2, 0.25) is 0 Å². The second kappa shape index (κ2) is 8.12. The van der Waals surface area contributed by atoms with Crippen LogP contribution in [-0.2, 0) is 14.6 Å². The Balaban J connectivity index is 2.45. The summed E-state index contributed by atoms with van der Waals surface area (Å²) in [5.74, 6) is 0. The number of ether oxygens (including phenoxy) is 1. The lowest BCUT2D eigenvalue weighted by molar-refractivity contribution is 0.0522. The summed E-state index contributed by atoms with van der Waals surface area (Å²) in [7, 11) is -3.57. The Morgan fingerprint density at radius 2 is 1.91 bits per heavy atom. The minimum atomic E-state index is -3.57. The molecule has 23 heavy (non-hydrogen) atoms. The maximum absolute atomic E-state index is 12.0. The maximum atomic E-state index is 12.0. The van der Waals surface area contributed by atoms with Crippen molar-refractivity contribution in [2.24, 2.45) is 0 Å². The molecule has 2 N–H and O–H groups in total. The number of alkyl carbamates (subject to hydrolysis) is 1. The SMILES string of the molecule is CC(C)(C)OC(=O)NCC[C@@H](O)/C=C/S(=O)(=O)c1ccccc1. The van der Waals surface area contributed by atoms with Crippen molar-refractivity contribution in [3.63, 3.8) is 0 Å². The van der Waals surface area contributed by atoms with Gasteiger partial charge in [0.05, 0.1) is 11.0 Å². The summed E-state index contributed by atoms with van der Waals surface area (Å²) in [6.07, 6.45) is -0.187. The number of carbonyl (C=O) groups is 1. The Morgan fingerprint density at radius 3 is 2.48 bits per heavy atom. The molecule has 128 valence electrons. The number of benzene rings is 1. The highest BCUT2D eigenvalue weighted by Crippen LogP contribution is 2.12. The van der Waals surface area contributed by atoms with E-state index in [0.29, 0.717) is 0 Å². The summed E-state index contributed by atoms with van der Waals surface area (Å²) in [6.45, 7) is 5.42. The van der Waals surface area contributed by atoms with Crippen LogP contribution in [0.5, 0.6) is 0 Å². The van der Waals surface area contributed by atoms with E-state index in [1.807, 2.05) is 0 Å². The third-order valence-electron chi connectivity index (χ3n) is 2.66. The van der Waals surface area contributed by atoms with Crippen LogP contribution in [0.4, 0.5) is 4.79 Å². The molecule has 1 aromatic carbocycles. The van der Waals surface area contributed by atoms with Crippen LogP contribution in [0, 0.1) is 0 Å². The van der Waals surface area contributed by atoms with Gasteiger partial charge in [0.1, 0.15) is 5.60 Å². The third kappa shape index (κ3) is 7.80. The van der Waals surface area contributed by atoms with Crippen molar-refractivity contribution in [3.05, 3.63) is 41.8 Å². The van der Waals surface area contributed by atoms with E-state index in [1.54, 1.807) is 39.0 Å². The number of amides is 1. The van der Waals surface area contributed by atoms with Crippen LogP contribution < -0.4 is 5.32 Å². The average molecular weight is 341 g/mol. The van der Waals surface area contributed by atoms with Gasteiger partial charge in [-0.15, -0.1) is 0 Å². The summed E-state index contributed by atoms with van der Waals surface area (Å²) < 4.78 is 29.0. The molecular weight excluding hydrogens is 318 g/mol.